The van der Waals surface area contributed by atoms with Crippen molar-refractivity contribution in [3.05, 3.63) is 58.9 Å². The van der Waals surface area contributed by atoms with Gasteiger partial charge in [0.25, 0.3) is 0 Å². The summed E-state index contributed by atoms with van der Waals surface area (Å²) in [4.78, 5) is 6.70. The molecule has 1 aromatic carbocycles. The van der Waals surface area contributed by atoms with Gasteiger partial charge in [-0.1, -0.05) is 12.1 Å². The van der Waals surface area contributed by atoms with Gasteiger partial charge in [-0.25, -0.2) is 0 Å². The molecule has 0 radical (unpaired) electrons. The molecule has 0 aliphatic heterocycles. The second-order valence-corrected chi connectivity index (χ2v) is 5.25. The minimum atomic E-state index is 0.0418. The summed E-state index contributed by atoms with van der Waals surface area (Å²) < 4.78 is 5.39. The van der Waals surface area contributed by atoms with Gasteiger partial charge in [0, 0.05) is 24.3 Å². The lowest BCUT2D eigenvalue weighted by atomic mass is 10.1. The molecule has 0 aliphatic rings. The summed E-state index contributed by atoms with van der Waals surface area (Å²) >= 11 is 0. The summed E-state index contributed by atoms with van der Waals surface area (Å²) in [6, 6.07) is 11.8. The van der Waals surface area contributed by atoms with Crippen molar-refractivity contribution in [3.63, 3.8) is 0 Å². The van der Waals surface area contributed by atoms with Crippen LogP contribution in [0.1, 0.15) is 22.5 Å². The minimum absolute atomic E-state index is 0.0418. The zero-order valence-corrected chi connectivity index (χ0v) is 12.8. The fourth-order valence-electron chi connectivity index (χ4n) is 2.36. The number of nitrogens with zero attached hydrogens (tertiary/aromatic N) is 2. The SMILES string of the molecule is COc1ccc(CO)cc1CN(C)Cc1cccc(C)n1. The van der Waals surface area contributed by atoms with Gasteiger partial charge in [0.2, 0.25) is 0 Å². The molecule has 1 N–H and O–H groups in total. The van der Waals surface area contributed by atoms with E-state index >= 15 is 0 Å². The molecule has 1 aromatic heterocycles. The van der Waals surface area contributed by atoms with Gasteiger partial charge in [0.05, 0.1) is 19.4 Å². The second-order valence-electron chi connectivity index (χ2n) is 5.25. The van der Waals surface area contributed by atoms with E-state index in [1.54, 1.807) is 7.11 Å². The molecule has 4 heteroatoms. The highest BCUT2D eigenvalue weighted by Crippen LogP contribution is 2.22. The Kier molecular flexibility index (Phi) is 5.31. The summed E-state index contributed by atoms with van der Waals surface area (Å²) in [7, 11) is 3.72. The molecule has 21 heavy (non-hydrogen) atoms. The van der Waals surface area contributed by atoms with Crippen LogP contribution in [0, 0.1) is 6.92 Å². The van der Waals surface area contributed by atoms with Gasteiger partial charge in [0.1, 0.15) is 5.75 Å². The zero-order chi connectivity index (χ0) is 15.2. The molecule has 0 aliphatic carbocycles. The fourth-order valence-corrected chi connectivity index (χ4v) is 2.36. The number of benzene rings is 1. The standard InChI is InChI=1S/C17H22N2O2/c1-13-5-4-6-16(18-13)11-19(2)10-15-9-14(12-20)7-8-17(15)21-3/h4-9,20H,10-12H2,1-3H3. The summed E-state index contributed by atoms with van der Waals surface area (Å²) in [5.74, 6) is 0.844. The van der Waals surface area contributed by atoms with Crippen LogP contribution in [-0.4, -0.2) is 29.1 Å². The van der Waals surface area contributed by atoms with Crippen molar-refractivity contribution in [1.29, 1.82) is 0 Å². The summed E-state index contributed by atoms with van der Waals surface area (Å²) in [6.45, 7) is 3.55. The van der Waals surface area contributed by atoms with Crippen molar-refractivity contribution < 1.29 is 9.84 Å². The molecule has 0 fully saturated rings. The highest BCUT2D eigenvalue weighted by atomic mass is 16.5. The number of aliphatic hydroxyl groups excluding tert-OH is 1. The molecule has 0 amide bonds. The summed E-state index contributed by atoms with van der Waals surface area (Å²) in [5, 5.41) is 9.26. The molecule has 0 bridgehead atoms. The van der Waals surface area contributed by atoms with Gasteiger partial charge in [0.15, 0.2) is 0 Å². The molecule has 112 valence electrons. The second kappa shape index (κ2) is 7.20. The molecule has 2 rings (SSSR count). The highest BCUT2D eigenvalue weighted by molar-refractivity contribution is 5.37. The Hall–Kier alpha value is -1.91. The molecule has 1 heterocycles. The molecule has 0 spiro atoms. The van der Waals surface area contributed by atoms with Crippen molar-refractivity contribution in [2.24, 2.45) is 0 Å². The lowest BCUT2D eigenvalue weighted by Gasteiger charge is -2.19. The Morgan fingerprint density at radius 2 is 2.00 bits per heavy atom. The smallest absolute Gasteiger partial charge is 0.123 e. The number of hydrogen-bond acceptors (Lipinski definition) is 4. The van der Waals surface area contributed by atoms with Gasteiger partial charge in [-0.3, -0.25) is 9.88 Å². The van der Waals surface area contributed by atoms with E-state index in [2.05, 4.69) is 16.9 Å². The predicted molar refractivity (Wildman–Crippen MR) is 83.1 cm³/mol. The number of aromatic nitrogens is 1. The third-order valence-electron chi connectivity index (χ3n) is 3.35. The number of rotatable bonds is 6. The molecule has 0 saturated heterocycles. The summed E-state index contributed by atoms with van der Waals surface area (Å²) in [5.41, 5.74) is 4.04. The van der Waals surface area contributed by atoms with Crippen molar-refractivity contribution in [2.45, 2.75) is 26.6 Å². The Balaban J connectivity index is 2.09. The van der Waals surface area contributed by atoms with Crippen molar-refractivity contribution in [2.75, 3.05) is 14.2 Å². The van der Waals surface area contributed by atoms with Gasteiger partial charge in [-0.15, -0.1) is 0 Å². The van der Waals surface area contributed by atoms with Gasteiger partial charge < -0.3 is 9.84 Å². The number of hydrogen-bond donors (Lipinski definition) is 1. The number of pyridine rings is 1. The van der Waals surface area contributed by atoms with Crippen LogP contribution in [-0.2, 0) is 19.7 Å². The van der Waals surface area contributed by atoms with Crippen molar-refractivity contribution >= 4 is 0 Å². The Labute approximate surface area is 126 Å². The topological polar surface area (TPSA) is 45.6 Å². The average Bonchev–Trinajstić information content (AvgIpc) is 2.47. The highest BCUT2D eigenvalue weighted by Gasteiger charge is 2.09. The van der Waals surface area contributed by atoms with Gasteiger partial charge in [-0.05, 0) is 43.8 Å². The van der Waals surface area contributed by atoms with E-state index in [4.69, 9.17) is 4.74 Å². The number of methoxy groups -OCH3 is 1. The summed E-state index contributed by atoms with van der Waals surface area (Å²) in [6.07, 6.45) is 0. The van der Waals surface area contributed by atoms with Gasteiger partial charge in [-0.2, -0.15) is 0 Å². The molecule has 2 aromatic rings. The molecule has 0 saturated carbocycles. The Morgan fingerprint density at radius 1 is 1.19 bits per heavy atom. The van der Waals surface area contributed by atoms with Crippen LogP contribution >= 0.6 is 0 Å². The van der Waals surface area contributed by atoms with Crippen molar-refractivity contribution in [3.8, 4) is 5.75 Å². The predicted octanol–water partition coefficient (Wildman–Crippen LogP) is 2.52. The van der Waals surface area contributed by atoms with E-state index in [1.807, 2.05) is 43.3 Å². The molecule has 0 unspecified atom stereocenters. The maximum absolute atomic E-state index is 9.26. The quantitative estimate of drug-likeness (QED) is 0.886. The van der Waals surface area contributed by atoms with Crippen LogP contribution in [0.2, 0.25) is 0 Å². The van der Waals surface area contributed by atoms with E-state index in [0.717, 1.165) is 41.4 Å². The lowest BCUT2D eigenvalue weighted by Crippen LogP contribution is -2.18. The fraction of sp³-hybridized carbons (Fsp3) is 0.353. The third-order valence-corrected chi connectivity index (χ3v) is 3.35. The molecule has 4 nitrogen and oxygen atoms in total. The maximum atomic E-state index is 9.26. The van der Waals surface area contributed by atoms with Crippen LogP contribution < -0.4 is 4.74 Å². The van der Waals surface area contributed by atoms with Crippen LogP contribution in [0.15, 0.2) is 36.4 Å². The van der Waals surface area contributed by atoms with Crippen LogP contribution in [0.25, 0.3) is 0 Å². The molecule has 0 atom stereocenters. The third kappa shape index (κ3) is 4.28. The largest absolute Gasteiger partial charge is 0.496 e. The normalized spacial score (nSPS) is 10.9. The van der Waals surface area contributed by atoms with Crippen LogP contribution in [0.3, 0.4) is 0 Å². The van der Waals surface area contributed by atoms with E-state index in [0.29, 0.717) is 0 Å². The Bertz CT molecular complexity index is 599. The van der Waals surface area contributed by atoms with E-state index < -0.39 is 0 Å². The lowest BCUT2D eigenvalue weighted by molar-refractivity contribution is 0.280. The maximum Gasteiger partial charge on any atom is 0.123 e. The number of aryl methyl sites for hydroxylation is 1. The number of aliphatic hydroxyl groups is 1. The minimum Gasteiger partial charge on any atom is -0.496 e. The van der Waals surface area contributed by atoms with E-state index in [-0.39, 0.29) is 6.61 Å². The van der Waals surface area contributed by atoms with E-state index in [9.17, 15) is 5.11 Å². The molecular formula is C17H22N2O2. The first-order chi connectivity index (χ1) is 10.1. The van der Waals surface area contributed by atoms with Gasteiger partial charge >= 0.3 is 0 Å². The van der Waals surface area contributed by atoms with Crippen LogP contribution in [0.4, 0.5) is 0 Å². The molecular weight excluding hydrogens is 264 g/mol. The number of ether oxygens (including phenoxy) is 1. The van der Waals surface area contributed by atoms with Crippen molar-refractivity contribution in [1.82, 2.24) is 9.88 Å². The first-order valence-corrected chi connectivity index (χ1v) is 7.00. The van der Waals surface area contributed by atoms with E-state index in [1.165, 1.54) is 0 Å². The Morgan fingerprint density at radius 3 is 2.67 bits per heavy atom. The first-order valence-electron chi connectivity index (χ1n) is 7.00. The van der Waals surface area contributed by atoms with Crippen LogP contribution in [0.5, 0.6) is 5.75 Å². The average molecular weight is 286 g/mol. The monoisotopic (exact) mass is 286 g/mol. The first kappa shape index (κ1) is 15.5. The zero-order valence-electron chi connectivity index (χ0n) is 12.8.